The minimum absolute atomic E-state index is 0.0244. The molecule has 4 atom stereocenters. The van der Waals surface area contributed by atoms with Gasteiger partial charge < -0.3 is 9.88 Å². The fourth-order valence-electron chi connectivity index (χ4n) is 4.93. The summed E-state index contributed by atoms with van der Waals surface area (Å²) in [6.07, 6.45) is 3.23. The molecule has 0 aliphatic heterocycles. The first-order chi connectivity index (χ1) is 16.7. The lowest BCUT2D eigenvalue weighted by Gasteiger charge is -2.22. The van der Waals surface area contributed by atoms with Gasteiger partial charge in [0.15, 0.2) is 18.2 Å². The number of amides is 1. The molecule has 3 aromatic rings. The van der Waals surface area contributed by atoms with Crippen LogP contribution in [0.4, 0.5) is 18.9 Å². The van der Waals surface area contributed by atoms with Crippen LogP contribution >= 0.6 is 0 Å². The maximum absolute atomic E-state index is 13.8. The van der Waals surface area contributed by atoms with Gasteiger partial charge in [-0.25, -0.2) is 22.7 Å². The number of hydrogen-bond acceptors (Lipinski definition) is 2. The predicted molar refractivity (Wildman–Crippen MR) is 132 cm³/mol. The van der Waals surface area contributed by atoms with Crippen LogP contribution in [0.2, 0.25) is 0 Å². The van der Waals surface area contributed by atoms with Gasteiger partial charge in [-0.2, -0.15) is 0 Å². The van der Waals surface area contributed by atoms with E-state index in [1.165, 1.54) is 18.2 Å². The Bertz CT molecular complexity index is 1180. The monoisotopic (exact) mass is 487 g/mol. The number of halogens is 3. The summed E-state index contributed by atoms with van der Waals surface area (Å²) >= 11 is 0. The van der Waals surface area contributed by atoms with Gasteiger partial charge in [0.2, 0.25) is 11.6 Å². The predicted octanol–water partition coefficient (Wildman–Crippen LogP) is 5.86. The lowest BCUT2D eigenvalue weighted by atomic mass is 9.85. The lowest BCUT2D eigenvalue weighted by molar-refractivity contribution is -0.428. The fraction of sp³-hybridized carbons (Fsp3) is 0.444. The Hall–Kier alpha value is -3.16. The third-order valence-corrected chi connectivity index (χ3v) is 6.86. The molecular weight excluding hydrogens is 453 g/mol. The third kappa shape index (κ3) is 5.92. The van der Waals surface area contributed by atoms with E-state index in [9.17, 15) is 18.0 Å². The van der Waals surface area contributed by atoms with Gasteiger partial charge in [-0.3, -0.25) is 4.79 Å². The normalized spacial score (nSPS) is 20.3. The van der Waals surface area contributed by atoms with Crippen LogP contribution in [-0.4, -0.2) is 39.8 Å². The van der Waals surface area contributed by atoms with Gasteiger partial charge in [0.25, 0.3) is 0 Å². The molecule has 1 saturated carbocycles. The van der Waals surface area contributed by atoms with Gasteiger partial charge in [0.1, 0.15) is 12.5 Å². The Morgan fingerprint density at radius 1 is 1.17 bits per heavy atom. The number of nitrogens with one attached hydrogen (secondary N) is 1. The molecule has 8 heteroatoms. The molecule has 1 heterocycles. The average Bonchev–Trinajstić information content (AvgIpc) is 3.43. The molecule has 35 heavy (non-hydrogen) atoms. The summed E-state index contributed by atoms with van der Waals surface area (Å²) in [6.45, 7) is 12.9. The van der Waals surface area contributed by atoms with Crippen LogP contribution in [0.1, 0.15) is 46.6 Å². The largest absolute Gasteiger partial charge is 0.349 e. The molecule has 0 bridgehead atoms. The Labute approximate surface area is 204 Å². The highest BCUT2D eigenvalue weighted by atomic mass is 19.2. The van der Waals surface area contributed by atoms with Gasteiger partial charge in [-0.15, -0.1) is 0 Å². The molecule has 1 amide bonds. The summed E-state index contributed by atoms with van der Waals surface area (Å²) in [5, 5.41) is 2.98. The van der Waals surface area contributed by atoms with Crippen molar-refractivity contribution in [3.8, 4) is 0 Å². The standard InChI is InChI=1S/C25H27F3N4O.C2H6/c1-15-10-19(32-14-30-23-12-21(27)22(28)13-24(23)32)11-20(15)16(2)25(33)29-8-9-31(3)18-6-4-17(26)5-7-18;1-2/h4-7,12-16,19-20H,3,8-11H2,1-2H3;1-2H3/p+1. The second-order valence-corrected chi connectivity index (χ2v) is 8.99. The molecule has 1 fully saturated rings. The summed E-state index contributed by atoms with van der Waals surface area (Å²) in [4.78, 5) is 17.0. The van der Waals surface area contributed by atoms with Crippen molar-refractivity contribution in [1.82, 2.24) is 14.9 Å². The molecule has 1 aliphatic rings. The fourth-order valence-corrected chi connectivity index (χ4v) is 4.93. The van der Waals surface area contributed by atoms with Crippen molar-refractivity contribution in [3.63, 3.8) is 0 Å². The molecule has 4 unspecified atom stereocenters. The van der Waals surface area contributed by atoms with Crippen molar-refractivity contribution in [2.45, 2.75) is 46.6 Å². The van der Waals surface area contributed by atoms with E-state index in [-0.39, 0.29) is 29.6 Å². The summed E-state index contributed by atoms with van der Waals surface area (Å²) in [5.41, 5.74) is 1.77. The first-order valence-corrected chi connectivity index (χ1v) is 12.2. The summed E-state index contributed by atoms with van der Waals surface area (Å²) in [5.74, 6) is -1.87. The molecule has 1 N–H and O–H groups in total. The molecule has 1 aliphatic carbocycles. The average molecular weight is 488 g/mol. The van der Waals surface area contributed by atoms with Crippen molar-refractivity contribution in [1.29, 1.82) is 0 Å². The van der Waals surface area contributed by atoms with E-state index >= 15 is 0 Å². The summed E-state index contributed by atoms with van der Waals surface area (Å²) in [7, 11) is 0. The first kappa shape index (κ1) is 26.4. The zero-order valence-electron chi connectivity index (χ0n) is 20.8. The Kier molecular flexibility index (Phi) is 8.70. The Morgan fingerprint density at radius 2 is 1.83 bits per heavy atom. The maximum Gasteiger partial charge on any atom is 0.223 e. The van der Waals surface area contributed by atoms with Crippen molar-refractivity contribution in [3.05, 3.63) is 60.2 Å². The van der Waals surface area contributed by atoms with E-state index in [1.54, 1.807) is 23.0 Å². The highest BCUT2D eigenvalue weighted by Crippen LogP contribution is 2.44. The highest BCUT2D eigenvalue weighted by Gasteiger charge is 2.38. The third-order valence-electron chi connectivity index (χ3n) is 6.86. The molecule has 2 aromatic carbocycles. The van der Waals surface area contributed by atoms with Crippen LogP contribution in [0.3, 0.4) is 0 Å². The number of rotatable bonds is 7. The number of nitrogens with zero attached hydrogens (tertiary/aromatic N) is 3. The SMILES string of the molecule is C=[N+](CCNC(=O)C(C)C1CC(n2cnc3cc(F)c(F)cc32)CC1C)c1ccc(F)cc1.CC. The number of hydrogen-bond donors (Lipinski definition) is 1. The zero-order valence-corrected chi connectivity index (χ0v) is 20.8. The van der Waals surface area contributed by atoms with Crippen molar-refractivity contribution in [2.24, 2.45) is 17.8 Å². The van der Waals surface area contributed by atoms with Crippen LogP contribution < -0.4 is 5.32 Å². The van der Waals surface area contributed by atoms with Crippen LogP contribution in [0, 0.1) is 35.2 Å². The maximum atomic E-state index is 13.8. The topological polar surface area (TPSA) is 49.9 Å². The van der Waals surface area contributed by atoms with Gasteiger partial charge in [0.05, 0.1) is 23.9 Å². The molecule has 5 nitrogen and oxygen atoms in total. The summed E-state index contributed by atoms with van der Waals surface area (Å²) < 4.78 is 44.0. The summed E-state index contributed by atoms with van der Waals surface area (Å²) in [6, 6.07) is 8.42. The number of aromatic nitrogens is 2. The number of carbonyl (C=O) groups is 1. The van der Waals surface area contributed by atoms with E-state index in [2.05, 4.69) is 23.9 Å². The first-order valence-electron chi connectivity index (χ1n) is 12.2. The molecule has 188 valence electrons. The number of benzene rings is 2. The van der Waals surface area contributed by atoms with Crippen LogP contribution in [0.25, 0.3) is 11.0 Å². The van der Waals surface area contributed by atoms with E-state index < -0.39 is 11.6 Å². The molecule has 4 rings (SSSR count). The van der Waals surface area contributed by atoms with Crippen LogP contribution in [0.15, 0.2) is 42.7 Å². The molecule has 0 spiro atoms. The van der Waals surface area contributed by atoms with Crippen LogP contribution in [-0.2, 0) is 4.79 Å². The minimum Gasteiger partial charge on any atom is -0.349 e. The Morgan fingerprint density at radius 3 is 2.51 bits per heavy atom. The number of carbonyl (C=O) groups excluding carboxylic acids is 1. The molecule has 1 aromatic heterocycles. The Balaban J connectivity index is 0.00000167. The van der Waals surface area contributed by atoms with E-state index in [0.29, 0.717) is 30.0 Å². The minimum atomic E-state index is -0.906. The molecule has 0 radical (unpaired) electrons. The van der Waals surface area contributed by atoms with E-state index in [1.807, 2.05) is 25.3 Å². The smallest absolute Gasteiger partial charge is 0.223 e. The quantitative estimate of drug-likeness (QED) is 0.335. The second kappa shape index (κ2) is 11.5. The van der Waals surface area contributed by atoms with Crippen molar-refractivity contribution < 1.29 is 22.5 Å². The van der Waals surface area contributed by atoms with Crippen molar-refractivity contribution in [2.75, 3.05) is 13.1 Å². The van der Waals surface area contributed by atoms with Crippen molar-refractivity contribution >= 4 is 29.3 Å². The van der Waals surface area contributed by atoms with E-state index in [0.717, 1.165) is 24.6 Å². The van der Waals surface area contributed by atoms with Crippen LogP contribution in [0.5, 0.6) is 0 Å². The number of fused-ring (bicyclic) bond motifs is 1. The van der Waals surface area contributed by atoms with Gasteiger partial charge in [-0.05, 0) is 36.8 Å². The zero-order chi connectivity index (χ0) is 25.7. The van der Waals surface area contributed by atoms with Gasteiger partial charge >= 0.3 is 0 Å². The van der Waals surface area contributed by atoms with Gasteiger partial charge in [-0.1, -0.05) is 27.7 Å². The molecular formula is C27H34F3N4O+. The van der Waals surface area contributed by atoms with Gasteiger partial charge in [0, 0.05) is 36.2 Å². The van der Waals surface area contributed by atoms with E-state index in [4.69, 9.17) is 0 Å². The lowest BCUT2D eigenvalue weighted by Crippen LogP contribution is -2.37. The number of imidazole rings is 1. The molecule has 0 saturated heterocycles. The highest BCUT2D eigenvalue weighted by molar-refractivity contribution is 5.78. The second-order valence-electron chi connectivity index (χ2n) is 8.99.